The molecule has 1 aliphatic rings. The number of carbonyl (C=O) groups is 1. The van der Waals surface area contributed by atoms with E-state index in [4.69, 9.17) is 9.47 Å². The minimum Gasteiger partial charge on any atom is -0.489 e. The molecule has 0 aliphatic carbocycles. The highest BCUT2D eigenvalue weighted by atomic mass is 32.2. The van der Waals surface area contributed by atoms with E-state index in [-0.39, 0.29) is 10.8 Å². The van der Waals surface area contributed by atoms with E-state index >= 15 is 0 Å². The second-order valence-electron chi connectivity index (χ2n) is 8.19. The Balaban J connectivity index is 1.28. The summed E-state index contributed by atoms with van der Waals surface area (Å²) in [7, 11) is -3.57. The molecular formula is C26H29N3O5S. The summed E-state index contributed by atoms with van der Waals surface area (Å²) in [5, 5.41) is 5.97. The number of hydrogen-bond acceptors (Lipinski definition) is 6. The number of hydrogen-bond donors (Lipinski definition) is 2. The summed E-state index contributed by atoms with van der Waals surface area (Å²) in [4.78, 5) is 12.8. The lowest BCUT2D eigenvalue weighted by atomic mass is 10.2. The summed E-state index contributed by atoms with van der Waals surface area (Å²) in [6.07, 6.45) is 0. The minimum absolute atomic E-state index is 0.193. The number of sulfonamides is 1. The number of benzene rings is 3. The van der Waals surface area contributed by atoms with E-state index in [2.05, 4.69) is 10.6 Å². The molecular weight excluding hydrogens is 466 g/mol. The summed E-state index contributed by atoms with van der Waals surface area (Å²) in [6, 6.07) is 23.0. The van der Waals surface area contributed by atoms with Crippen LogP contribution in [0.4, 0.5) is 11.4 Å². The lowest BCUT2D eigenvalue weighted by molar-refractivity contribution is -0.116. The Morgan fingerprint density at radius 2 is 1.57 bits per heavy atom. The quantitative estimate of drug-likeness (QED) is 0.470. The molecule has 0 spiro atoms. The second-order valence-corrected chi connectivity index (χ2v) is 10.1. The number of rotatable bonds is 9. The fraction of sp³-hybridized carbons (Fsp3) is 0.269. The number of nitrogens with zero attached hydrogens (tertiary/aromatic N) is 1. The number of morpholine rings is 1. The third-order valence-corrected chi connectivity index (χ3v) is 7.52. The standard InChI is InChI=1S/C26H29N3O5S/c1-20(27-22-7-11-24(12-8-22)34-19-21-5-3-2-4-6-21)26(30)28-23-9-13-25(14-10-23)35(31,32)29-15-17-33-18-16-29/h2-14,20,27H,15-19H2,1H3,(H,28,30). The molecule has 0 radical (unpaired) electrons. The molecule has 1 heterocycles. The smallest absolute Gasteiger partial charge is 0.246 e. The van der Waals surface area contributed by atoms with Crippen molar-refractivity contribution in [3.8, 4) is 5.75 Å². The van der Waals surface area contributed by atoms with Gasteiger partial charge in [0.2, 0.25) is 15.9 Å². The van der Waals surface area contributed by atoms with Crippen molar-refractivity contribution in [2.45, 2.75) is 24.5 Å². The molecule has 2 N–H and O–H groups in total. The maximum Gasteiger partial charge on any atom is 0.246 e. The molecule has 1 atom stereocenters. The summed E-state index contributed by atoms with van der Waals surface area (Å²) in [5.41, 5.74) is 2.40. The zero-order valence-corrected chi connectivity index (χ0v) is 20.3. The SMILES string of the molecule is CC(Nc1ccc(OCc2ccccc2)cc1)C(=O)Nc1ccc(S(=O)(=O)N2CCOCC2)cc1. The summed E-state index contributed by atoms with van der Waals surface area (Å²) < 4.78 is 37.9. The van der Waals surface area contributed by atoms with E-state index in [0.717, 1.165) is 17.0 Å². The van der Waals surface area contributed by atoms with Crippen LogP contribution in [-0.4, -0.2) is 51.0 Å². The van der Waals surface area contributed by atoms with Gasteiger partial charge in [-0.1, -0.05) is 30.3 Å². The number of amides is 1. The summed E-state index contributed by atoms with van der Waals surface area (Å²) in [6.45, 7) is 3.70. The third-order valence-electron chi connectivity index (χ3n) is 5.61. The van der Waals surface area contributed by atoms with Gasteiger partial charge in [0.15, 0.2) is 0 Å². The molecule has 1 amide bonds. The summed E-state index contributed by atoms with van der Waals surface area (Å²) in [5.74, 6) is 0.502. The molecule has 0 aromatic heterocycles. The largest absolute Gasteiger partial charge is 0.489 e. The van der Waals surface area contributed by atoms with E-state index in [1.54, 1.807) is 19.1 Å². The number of anilines is 2. The van der Waals surface area contributed by atoms with Crippen LogP contribution in [0.25, 0.3) is 0 Å². The predicted molar refractivity (Wildman–Crippen MR) is 135 cm³/mol. The van der Waals surface area contributed by atoms with Crippen LogP contribution in [-0.2, 0) is 26.2 Å². The van der Waals surface area contributed by atoms with Crippen molar-refractivity contribution in [1.29, 1.82) is 0 Å². The molecule has 1 unspecified atom stereocenters. The normalized spacial score (nSPS) is 15.2. The van der Waals surface area contributed by atoms with Gasteiger partial charge in [-0.15, -0.1) is 0 Å². The van der Waals surface area contributed by atoms with Crippen molar-refractivity contribution >= 4 is 27.3 Å². The van der Waals surface area contributed by atoms with Crippen LogP contribution in [0.1, 0.15) is 12.5 Å². The van der Waals surface area contributed by atoms with Crippen molar-refractivity contribution in [2.75, 3.05) is 36.9 Å². The first-order chi connectivity index (χ1) is 16.9. The fourth-order valence-corrected chi connectivity index (χ4v) is 5.01. The number of nitrogens with one attached hydrogen (secondary N) is 2. The van der Waals surface area contributed by atoms with Crippen LogP contribution in [0.15, 0.2) is 83.8 Å². The maximum absolute atomic E-state index is 12.7. The molecule has 1 saturated heterocycles. The van der Waals surface area contributed by atoms with Gasteiger partial charge in [0.05, 0.1) is 18.1 Å². The van der Waals surface area contributed by atoms with Crippen LogP contribution < -0.4 is 15.4 Å². The first kappa shape index (κ1) is 24.7. The van der Waals surface area contributed by atoms with Gasteiger partial charge in [-0.05, 0) is 61.0 Å². The topological polar surface area (TPSA) is 97.0 Å². The Hall–Kier alpha value is -3.40. The molecule has 0 bridgehead atoms. The molecule has 184 valence electrons. The number of ether oxygens (including phenoxy) is 2. The van der Waals surface area contributed by atoms with Crippen molar-refractivity contribution in [3.63, 3.8) is 0 Å². The molecule has 4 rings (SSSR count). The molecule has 9 heteroatoms. The van der Waals surface area contributed by atoms with Gasteiger partial charge in [-0.2, -0.15) is 4.31 Å². The van der Waals surface area contributed by atoms with Crippen molar-refractivity contribution < 1.29 is 22.7 Å². The second kappa shape index (κ2) is 11.4. The van der Waals surface area contributed by atoms with Crippen molar-refractivity contribution in [2.24, 2.45) is 0 Å². The Morgan fingerprint density at radius 3 is 2.23 bits per heavy atom. The highest BCUT2D eigenvalue weighted by Crippen LogP contribution is 2.21. The van der Waals surface area contributed by atoms with Gasteiger partial charge in [0.25, 0.3) is 0 Å². The van der Waals surface area contributed by atoms with Gasteiger partial charge in [0, 0.05) is 24.5 Å². The van der Waals surface area contributed by atoms with E-state index in [0.29, 0.717) is 38.6 Å². The van der Waals surface area contributed by atoms with E-state index in [1.807, 2.05) is 54.6 Å². The molecule has 3 aromatic carbocycles. The average molecular weight is 496 g/mol. The maximum atomic E-state index is 12.7. The fourth-order valence-electron chi connectivity index (χ4n) is 3.60. The van der Waals surface area contributed by atoms with Gasteiger partial charge >= 0.3 is 0 Å². The Morgan fingerprint density at radius 1 is 0.943 bits per heavy atom. The number of carbonyl (C=O) groups excluding carboxylic acids is 1. The minimum atomic E-state index is -3.57. The third kappa shape index (κ3) is 6.60. The zero-order valence-electron chi connectivity index (χ0n) is 19.5. The molecule has 8 nitrogen and oxygen atoms in total. The first-order valence-electron chi connectivity index (χ1n) is 11.4. The van der Waals surface area contributed by atoms with Gasteiger partial charge in [-0.25, -0.2) is 8.42 Å². The van der Waals surface area contributed by atoms with E-state index in [9.17, 15) is 13.2 Å². The molecule has 0 saturated carbocycles. The lowest BCUT2D eigenvalue weighted by Gasteiger charge is -2.26. The predicted octanol–water partition coefficient (Wildman–Crippen LogP) is 3.73. The van der Waals surface area contributed by atoms with Crippen LogP contribution >= 0.6 is 0 Å². The molecule has 1 fully saturated rings. The van der Waals surface area contributed by atoms with Gasteiger partial charge in [-0.3, -0.25) is 4.79 Å². The summed E-state index contributed by atoms with van der Waals surface area (Å²) >= 11 is 0. The van der Waals surface area contributed by atoms with Crippen molar-refractivity contribution in [3.05, 3.63) is 84.4 Å². The zero-order chi connectivity index (χ0) is 24.7. The van der Waals surface area contributed by atoms with Gasteiger partial charge in [0.1, 0.15) is 18.4 Å². The first-order valence-corrected chi connectivity index (χ1v) is 12.9. The highest BCUT2D eigenvalue weighted by Gasteiger charge is 2.26. The van der Waals surface area contributed by atoms with E-state index < -0.39 is 16.1 Å². The van der Waals surface area contributed by atoms with E-state index in [1.165, 1.54) is 16.4 Å². The Kier molecular flexibility index (Phi) is 8.02. The van der Waals surface area contributed by atoms with Crippen molar-refractivity contribution in [1.82, 2.24) is 4.31 Å². The lowest BCUT2D eigenvalue weighted by Crippen LogP contribution is -2.40. The van der Waals surface area contributed by atoms with Crippen LogP contribution in [0, 0.1) is 0 Å². The van der Waals surface area contributed by atoms with Crippen LogP contribution in [0.3, 0.4) is 0 Å². The molecule has 1 aliphatic heterocycles. The Labute approximate surface area is 205 Å². The Bertz CT molecular complexity index is 1210. The van der Waals surface area contributed by atoms with Crippen LogP contribution in [0.2, 0.25) is 0 Å². The monoisotopic (exact) mass is 495 g/mol. The molecule has 35 heavy (non-hydrogen) atoms. The van der Waals surface area contributed by atoms with Crippen LogP contribution in [0.5, 0.6) is 5.75 Å². The molecule has 3 aromatic rings. The highest BCUT2D eigenvalue weighted by molar-refractivity contribution is 7.89. The van der Waals surface area contributed by atoms with Gasteiger partial charge < -0.3 is 20.1 Å². The average Bonchev–Trinajstić information content (AvgIpc) is 2.89.